The Labute approximate surface area is 67.9 Å². The number of rotatable bonds is 0. The molecule has 0 spiro atoms. The van der Waals surface area contributed by atoms with E-state index in [1.807, 2.05) is 0 Å². The van der Waals surface area contributed by atoms with Crippen LogP contribution in [0.15, 0.2) is 0 Å². The van der Waals surface area contributed by atoms with Gasteiger partial charge in [0.15, 0.2) is 0 Å². The maximum Gasteiger partial charge on any atom is 2.00 e. The molecule has 0 aliphatic rings. The van der Waals surface area contributed by atoms with Crippen LogP contribution in [0.1, 0.15) is 0 Å². The molecule has 0 bridgehead atoms. The molecule has 56 valence electrons. The zero-order valence-electron chi connectivity index (χ0n) is 5.10. The largest absolute Gasteiger partial charge is 2.00 e. The second-order valence-electron chi connectivity index (χ2n) is 0.474. The third-order valence-electron chi connectivity index (χ3n) is 0. The van der Waals surface area contributed by atoms with Crippen LogP contribution in [0.5, 0.6) is 0 Å². The van der Waals surface area contributed by atoms with Gasteiger partial charge in [-0.15, -0.1) is 0 Å². The molecule has 0 saturated heterocycles. The van der Waals surface area contributed by atoms with E-state index in [1.54, 1.807) is 0 Å². The minimum atomic E-state index is -2.33. The number of hydrogen-bond donors (Lipinski definition) is 1. The van der Waals surface area contributed by atoms with Gasteiger partial charge in [0.1, 0.15) is 0 Å². The zero-order chi connectivity index (χ0) is 7.15. The summed E-state index contributed by atoms with van der Waals surface area (Å²) in [4.78, 5) is 16.6. The number of carboxylic acid groups (broad SMARTS) is 2. The third kappa shape index (κ3) is 288. The minimum absolute atomic E-state index is 0. The Balaban J connectivity index is -0.0000000300. The fourth-order valence-electron chi connectivity index (χ4n) is 0. The van der Waals surface area contributed by atoms with Gasteiger partial charge in [0.05, 0.1) is 5.09 Å². The Hall–Kier alpha value is -0.947. The molecular weight excluding hydrogens is 201 g/mol. The first-order valence-electron chi connectivity index (χ1n) is 1.16. The second-order valence-corrected chi connectivity index (χ2v) is 0.474. The topological polar surface area (TPSA) is 166 Å². The van der Waals surface area contributed by atoms with Crippen molar-refractivity contribution in [2.75, 3.05) is 0 Å². The summed E-state index contributed by atoms with van der Waals surface area (Å²) >= 11 is 0. The van der Waals surface area contributed by atoms with E-state index < -0.39 is 11.2 Å². The molecule has 8 nitrogen and oxygen atoms in total. The van der Waals surface area contributed by atoms with Crippen LogP contribution >= 0.6 is 0 Å². The molecular formula is CH4N2O6Zn. The summed E-state index contributed by atoms with van der Waals surface area (Å²) in [5.74, 6) is 0. The third-order valence-corrected chi connectivity index (χ3v) is 0. The van der Waals surface area contributed by atoms with E-state index in [-0.39, 0.29) is 25.6 Å². The van der Waals surface area contributed by atoms with Crippen molar-refractivity contribution in [1.82, 2.24) is 6.15 Å². The molecule has 0 aliphatic heterocycles. The Bertz CT molecular complexity index is 73.7. The van der Waals surface area contributed by atoms with Crippen LogP contribution < -0.4 is 16.4 Å². The van der Waals surface area contributed by atoms with Gasteiger partial charge in [-0.3, -0.25) is 0 Å². The molecule has 10 heavy (non-hydrogen) atoms. The summed E-state index contributed by atoms with van der Waals surface area (Å²) in [5, 5.41) is 31.4. The van der Waals surface area contributed by atoms with Gasteiger partial charge in [-0.25, -0.2) is 0 Å². The van der Waals surface area contributed by atoms with E-state index in [1.165, 1.54) is 0 Å². The van der Waals surface area contributed by atoms with Crippen molar-refractivity contribution in [3.05, 3.63) is 15.3 Å². The summed E-state index contributed by atoms with van der Waals surface area (Å²) in [6.45, 7) is 0. The van der Waals surface area contributed by atoms with Gasteiger partial charge >= 0.3 is 19.5 Å². The van der Waals surface area contributed by atoms with Crippen LogP contribution in [-0.2, 0) is 19.5 Å². The van der Waals surface area contributed by atoms with Crippen molar-refractivity contribution in [2.24, 2.45) is 0 Å². The molecule has 0 saturated carbocycles. The monoisotopic (exact) mass is 204 g/mol. The quantitative estimate of drug-likeness (QED) is 0.265. The average molecular weight is 205 g/mol. The Kier molecular flexibility index (Phi) is 36.1. The molecule has 0 aromatic carbocycles. The predicted molar refractivity (Wildman–Crippen MR) is 21.7 cm³/mol. The molecule has 0 aromatic heterocycles. The van der Waals surface area contributed by atoms with Crippen LogP contribution in [0.4, 0.5) is 4.79 Å². The van der Waals surface area contributed by atoms with E-state index in [9.17, 15) is 0 Å². The first kappa shape index (κ1) is 23.0. The summed E-state index contributed by atoms with van der Waals surface area (Å²) in [6, 6.07) is 0. The number of carbonyl (C=O) groups excluding carboxylic acids is 1. The van der Waals surface area contributed by atoms with Crippen LogP contribution in [0.25, 0.3) is 0 Å². The van der Waals surface area contributed by atoms with Gasteiger partial charge in [-0.05, 0) is 6.16 Å². The summed E-state index contributed by atoms with van der Waals surface area (Å²) in [7, 11) is 0. The van der Waals surface area contributed by atoms with Gasteiger partial charge in [0.25, 0.3) is 0 Å². The normalized spacial score (nSPS) is 4.80. The van der Waals surface area contributed by atoms with Gasteiger partial charge < -0.3 is 36.5 Å². The molecule has 4 N–H and O–H groups in total. The van der Waals surface area contributed by atoms with E-state index in [0.717, 1.165) is 0 Å². The fourth-order valence-corrected chi connectivity index (χ4v) is 0. The molecule has 0 atom stereocenters. The molecule has 0 heterocycles. The number of quaternary nitrogens is 1. The van der Waals surface area contributed by atoms with Crippen molar-refractivity contribution in [2.45, 2.75) is 0 Å². The maximum atomic E-state index is 8.33. The van der Waals surface area contributed by atoms with Gasteiger partial charge in [0.2, 0.25) is 0 Å². The van der Waals surface area contributed by atoms with Crippen molar-refractivity contribution >= 4 is 6.16 Å². The molecule has 0 rings (SSSR count). The molecule has 0 unspecified atom stereocenters. The van der Waals surface area contributed by atoms with Gasteiger partial charge in [-0.1, -0.05) is 0 Å². The summed E-state index contributed by atoms with van der Waals surface area (Å²) in [5.41, 5.74) is 0. The standard InChI is InChI=1S/CH2O3.NO3.H3N.Zn/c2*2-1(3)4;;/h(H2,2,3,4);;1H3;/q;-1;;+2/p-1. The maximum absolute atomic E-state index is 8.33. The first-order valence-corrected chi connectivity index (χ1v) is 1.16. The van der Waals surface area contributed by atoms with E-state index in [0.29, 0.717) is 0 Å². The van der Waals surface area contributed by atoms with Crippen molar-refractivity contribution in [3.8, 4) is 0 Å². The van der Waals surface area contributed by atoms with Crippen molar-refractivity contribution in [3.63, 3.8) is 0 Å². The molecule has 0 amide bonds. The number of nitrogens with zero attached hydrogens (tertiary/aromatic N) is 1. The number of hydrogen-bond acceptors (Lipinski definition) is 6. The van der Waals surface area contributed by atoms with E-state index in [2.05, 4.69) is 0 Å². The smallest absolute Gasteiger partial charge is 0.652 e. The predicted octanol–water partition coefficient (Wildman–Crippen LogP) is -2.31. The Morgan fingerprint density at radius 1 is 1.20 bits per heavy atom. The van der Waals surface area contributed by atoms with Crippen LogP contribution in [0.2, 0.25) is 0 Å². The van der Waals surface area contributed by atoms with E-state index in [4.69, 9.17) is 30.3 Å². The Morgan fingerprint density at radius 2 is 1.20 bits per heavy atom. The van der Waals surface area contributed by atoms with Crippen LogP contribution in [0, 0.1) is 15.3 Å². The zero-order valence-corrected chi connectivity index (χ0v) is 8.07. The van der Waals surface area contributed by atoms with Gasteiger partial charge in [0, 0.05) is 0 Å². The average Bonchev–Trinajstić information content (AvgIpc) is 1.25. The first-order chi connectivity index (χ1) is 3.46. The summed E-state index contributed by atoms with van der Waals surface area (Å²) < 4.78 is 0. The van der Waals surface area contributed by atoms with Crippen LogP contribution in [-0.4, -0.2) is 11.2 Å². The minimum Gasteiger partial charge on any atom is -0.652 e. The van der Waals surface area contributed by atoms with E-state index >= 15 is 0 Å². The molecule has 0 aromatic rings. The fraction of sp³-hybridized carbons (Fsp3) is 0. The van der Waals surface area contributed by atoms with Gasteiger partial charge in [-0.2, -0.15) is 0 Å². The van der Waals surface area contributed by atoms with Crippen molar-refractivity contribution in [1.29, 1.82) is 0 Å². The second kappa shape index (κ2) is 15.7. The SMILES string of the molecule is O=C([O-])[O-].O=[N+]([O-])[O-].[NH4+].[Zn+2]. The molecule has 9 heteroatoms. The molecule has 0 aliphatic carbocycles. The molecule has 0 fully saturated rings. The molecule has 0 radical (unpaired) electrons. The van der Waals surface area contributed by atoms with Crippen LogP contribution in [0.3, 0.4) is 0 Å². The Morgan fingerprint density at radius 3 is 1.20 bits per heavy atom. The van der Waals surface area contributed by atoms with Crippen molar-refractivity contribution < 1.29 is 39.6 Å². The number of carbonyl (C=O) groups is 1. The summed E-state index contributed by atoms with van der Waals surface area (Å²) in [6.07, 6.45) is -2.33.